The normalized spacial score (nSPS) is 13.1. The maximum atomic E-state index is 7.16. The van der Waals surface area contributed by atoms with E-state index in [4.69, 9.17) is 17.3 Å². The number of hydrogen-bond donors (Lipinski definition) is 0. The summed E-state index contributed by atoms with van der Waals surface area (Å²) in [5.74, 6) is 0. The average molecular weight is 119 g/mol. The molecule has 1 nitrogen and oxygen atoms in total. The van der Waals surface area contributed by atoms with Gasteiger partial charge >= 0.3 is 0 Å². The molecule has 1 radical (unpaired) electrons. The Hall–Kier alpha value is -0.0100. The van der Waals surface area contributed by atoms with E-state index in [1.165, 1.54) is 5.54 Å². The van der Waals surface area contributed by atoms with Gasteiger partial charge in [0.05, 0.1) is 0 Å². The summed E-state index contributed by atoms with van der Waals surface area (Å²) < 4.78 is 0. The topological polar surface area (TPSA) is 23.8 Å². The zero-order valence-corrected chi connectivity index (χ0v) is 5.29. The zero-order chi connectivity index (χ0) is 5.91. The third-order valence-corrected chi connectivity index (χ3v) is 0.606. The molecule has 0 aliphatic rings. The summed E-state index contributed by atoms with van der Waals surface area (Å²) in [6.45, 7) is 3.54. The van der Waals surface area contributed by atoms with E-state index in [9.17, 15) is 0 Å². The summed E-state index contributed by atoms with van der Waals surface area (Å²) in [5.41, 5.74) is 8.02. The third kappa shape index (κ3) is 5.99. The van der Waals surface area contributed by atoms with Gasteiger partial charge in [0.25, 0.3) is 0 Å². The molecule has 0 saturated carbocycles. The van der Waals surface area contributed by atoms with Gasteiger partial charge in [-0.1, -0.05) is 17.7 Å². The molecule has 0 aromatic rings. The Morgan fingerprint density at radius 2 is 2.00 bits per heavy atom. The highest BCUT2D eigenvalue weighted by molar-refractivity contribution is 6.25. The summed E-state index contributed by atoms with van der Waals surface area (Å²) in [5, 5.41) is 0. The van der Waals surface area contributed by atoms with Gasteiger partial charge in [-0.15, -0.1) is 0 Å². The molecule has 0 fully saturated rings. The maximum absolute atomic E-state index is 7.16. The summed E-state index contributed by atoms with van der Waals surface area (Å²) >= 11 is 5.19. The second-order valence-electron chi connectivity index (χ2n) is 2.01. The van der Waals surface area contributed by atoms with Crippen LogP contribution in [0.15, 0.2) is 11.6 Å². The van der Waals surface area contributed by atoms with Crippen LogP contribution in [0.5, 0.6) is 0 Å². The molecule has 0 atom stereocenters. The van der Waals surface area contributed by atoms with Gasteiger partial charge in [-0.25, -0.2) is 5.73 Å². The fraction of sp³-hybridized carbons (Fsp3) is 0.600. The minimum atomic E-state index is -0.512. The van der Waals surface area contributed by atoms with Crippen molar-refractivity contribution in [3.05, 3.63) is 11.6 Å². The zero-order valence-electron chi connectivity index (χ0n) is 4.53. The summed E-state index contributed by atoms with van der Waals surface area (Å²) in [7, 11) is 0. The van der Waals surface area contributed by atoms with E-state index < -0.39 is 5.54 Å². The quantitative estimate of drug-likeness (QED) is 0.502. The van der Waals surface area contributed by atoms with Gasteiger partial charge in [0, 0.05) is 11.1 Å². The van der Waals surface area contributed by atoms with E-state index >= 15 is 0 Å². The van der Waals surface area contributed by atoms with Crippen molar-refractivity contribution in [1.29, 1.82) is 0 Å². The molecule has 0 aliphatic heterocycles. The van der Waals surface area contributed by atoms with Crippen LogP contribution < -0.4 is 5.73 Å². The van der Waals surface area contributed by atoms with Crippen molar-refractivity contribution in [1.82, 2.24) is 5.73 Å². The minimum Gasteiger partial charge on any atom is -0.248 e. The smallest absolute Gasteiger partial charge is 0.0458 e. The lowest BCUT2D eigenvalue weighted by molar-refractivity contribution is 0.630. The Morgan fingerprint density at radius 3 is 2.00 bits per heavy atom. The van der Waals surface area contributed by atoms with Crippen LogP contribution in [0, 0.1) is 0 Å². The van der Waals surface area contributed by atoms with Gasteiger partial charge in [0.2, 0.25) is 0 Å². The van der Waals surface area contributed by atoms with Crippen LogP contribution in [0.25, 0.3) is 0 Å². The van der Waals surface area contributed by atoms with Crippen molar-refractivity contribution in [3.63, 3.8) is 0 Å². The van der Waals surface area contributed by atoms with Gasteiger partial charge in [-0.05, 0) is 13.8 Å². The summed E-state index contributed by atoms with van der Waals surface area (Å²) in [6.07, 6.45) is 1.62. The van der Waals surface area contributed by atoms with E-state index in [0.29, 0.717) is 0 Å². The van der Waals surface area contributed by atoms with Gasteiger partial charge in [-0.3, -0.25) is 0 Å². The Kier molecular flexibility index (Phi) is 2.33. The molecule has 0 saturated heterocycles. The van der Waals surface area contributed by atoms with E-state index in [1.807, 2.05) is 0 Å². The third-order valence-electron chi connectivity index (χ3n) is 0.480. The lowest BCUT2D eigenvalue weighted by Crippen LogP contribution is -2.16. The van der Waals surface area contributed by atoms with Crippen molar-refractivity contribution in [3.8, 4) is 0 Å². The molecule has 0 amide bonds. The molecule has 41 valence electrons. The Bertz CT molecular complexity index is 70.6. The molecular formula is C5H9ClN. The molecule has 1 N–H and O–H groups in total. The molecule has 0 aliphatic carbocycles. The molecule has 0 aromatic carbocycles. The molecule has 0 aromatic heterocycles. The van der Waals surface area contributed by atoms with Crippen molar-refractivity contribution in [2.75, 3.05) is 0 Å². The van der Waals surface area contributed by atoms with Crippen LogP contribution in [-0.2, 0) is 0 Å². The second-order valence-corrected chi connectivity index (χ2v) is 2.27. The van der Waals surface area contributed by atoms with E-state index in [2.05, 4.69) is 0 Å². The van der Waals surface area contributed by atoms with E-state index in [1.54, 1.807) is 19.9 Å². The standard InChI is InChI=1S/C5H9ClN/c1-5(2,7)3-4-6/h3-4,7H,1-2H3/b4-3+. The number of rotatable bonds is 1. The highest BCUT2D eigenvalue weighted by Gasteiger charge is 2.03. The van der Waals surface area contributed by atoms with Crippen molar-refractivity contribution < 1.29 is 0 Å². The summed E-state index contributed by atoms with van der Waals surface area (Å²) in [4.78, 5) is 0. The Balaban J connectivity index is 3.56. The van der Waals surface area contributed by atoms with Crippen LogP contribution in [-0.4, -0.2) is 5.54 Å². The van der Waals surface area contributed by atoms with Crippen LogP contribution in [0.4, 0.5) is 0 Å². The molecule has 7 heavy (non-hydrogen) atoms. The number of hydrogen-bond acceptors (Lipinski definition) is 0. The molecule has 0 unspecified atom stereocenters. The van der Waals surface area contributed by atoms with Crippen molar-refractivity contribution in [2.45, 2.75) is 19.4 Å². The lowest BCUT2D eigenvalue weighted by Gasteiger charge is -2.07. The van der Waals surface area contributed by atoms with Gasteiger partial charge in [0.1, 0.15) is 0 Å². The van der Waals surface area contributed by atoms with Crippen molar-refractivity contribution in [2.24, 2.45) is 0 Å². The predicted octanol–water partition coefficient (Wildman–Crippen LogP) is 1.80. The monoisotopic (exact) mass is 118 g/mol. The first-order valence-corrected chi connectivity index (χ1v) is 2.53. The van der Waals surface area contributed by atoms with E-state index in [0.717, 1.165) is 0 Å². The van der Waals surface area contributed by atoms with Gasteiger partial charge in [-0.2, -0.15) is 0 Å². The number of nitrogens with one attached hydrogen (secondary N) is 1. The highest BCUT2D eigenvalue weighted by atomic mass is 35.5. The van der Waals surface area contributed by atoms with Crippen LogP contribution in [0.1, 0.15) is 13.8 Å². The van der Waals surface area contributed by atoms with Crippen LogP contribution in [0.3, 0.4) is 0 Å². The second kappa shape index (κ2) is 2.34. The Morgan fingerprint density at radius 1 is 1.57 bits per heavy atom. The maximum Gasteiger partial charge on any atom is 0.0458 e. The molecule has 2 heteroatoms. The number of halogens is 1. The largest absolute Gasteiger partial charge is 0.248 e. The van der Waals surface area contributed by atoms with Gasteiger partial charge < -0.3 is 0 Å². The molecule has 0 spiro atoms. The first-order chi connectivity index (χ1) is 3.06. The van der Waals surface area contributed by atoms with Crippen molar-refractivity contribution >= 4 is 11.6 Å². The lowest BCUT2D eigenvalue weighted by atomic mass is 10.1. The first-order valence-electron chi connectivity index (χ1n) is 2.09. The Labute approximate surface area is 49.2 Å². The fourth-order valence-corrected chi connectivity index (χ4v) is 0.472. The van der Waals surface area contributed by atoms with E-state index in [-0.39, 0.29) is 0 Å². The highest BCUT2D eigenvalue weighted by Crippen LogP contribution is 2.00. The SMILES string of the molecule is CC(C)([NH])/C=C/Cl. The van der Waals surface area contributed by atoms with Crippen LogP contribution in [0.2, 0.25) is 0 Å². The molecule has 0 heterocycles. The average Bonchev–Trinajstić information content (AvgIpc) is 1.30. The fourth-order valence-electron chi connectivity index (χ4n) is 0.157. The predicted molar refractivity (Wildman–Crippen MR) is 32.2 cm³/mol. The molecule has 0 rings (SSSR count). The first kappa shape index (κ1) is 6.99. The minimum absolute atomic E-state index is 0.512. The van der Waals surface area contributed by atoms with Gasteiger partial charge in [0.15, 0.2) is 0 Å². The van der Waals surface area contributed by atoms with Crippen LogP contribution >= 0.6 is 11.6 Å². The molecule has 0 bridgehead atoms. The molecular weight excluding hydrogens is 110 g/mol. The summed E-state index contributed by atoms with van der Waals surface area (Å²) in [6, 6.07) is 0.